The summed E-state index contributed by atoms with van der Waals surface area (Å²) in [5.41, 5.74) is -0.655. The van der Waals surface area contributed by atoms with Gasteiger partial charge in [-0.2, -0.15) is 5.06 Å². The highest BCUT2D eigenvalue weighted by molar-refractivity contribution is 6.00. The smallest absolute Gasteiger partial charge is 0.283 e. The molecule has 0 bridgehead atoms. The van der Waals surface area contributed by atoms with Crippen molar-refractivity contribution in [1.29, 1.82) is 0 Å². The van der Waals surface area contributed by atoms with Gasteiger partial charge in [0.15, 0.2) is 5.76 Å². The molecule has 0 fully saturated rings. The first-order valence-electron chi connectivity index (χ1n) is 8.45. The number of aliphatic hydroxyl groups is 2. The fourth-order valence-electron chi connectivity index (χ4n) is 3.34. The van der Waals surface area contributed by atoms with E-state index in [1.54, 1.807) is 6.92 Å². The Balaban J connectivity index is 2.35. The van der Waals surface area contributed by atoms with Gasteiger partial charge in [0.05, 0.1) is 25.3 Å². The molecule has 2 aliphatic heterocycles. The molecule has 0 saturated carbocycles. The number of nitrogens with one attached hydrogen (secondary N) is 1. The van der Waals surface area contributed by atoms with Crippen molar-refractivity contribution in [3.63, 3.8) is 0 Å². The summed E-state index contributed by atoms with van der Waals surface area (Å²) in [6, 6.07) is -0.663. The van der Waals surface area contributed by atoms with E-state index in [4.69, 9.17) is 14.7 Å². The predicted octanol–water partition coefficient (Wildman–Crippen LogP) is 0.838. The second-order valence-electron chi connectivity index (χ2n) is 6.41. The van der Waals surface area contributed by atoms with Crippen molar-refractivity contribution < 1.29 is 24.6 Å². The summed E-state index contributed by atoms with van der Waals surface area (Å²) in [6.07, 6.45) is 3.23. The molecule has 0 aromatic heterocycles. The van der Waals surface area contributed by atoms with E-state index in [9.17, 15) is 9.90 Å². The van der Waals surface area contributed by atoms with Crippen LogP contribution in [0.4, 0.5) is 0 Å². The van der Waals surface area contributed by atoms with Crippen LogP contribution in [-0.4, -0.2) is 59.2 Å². The van der Waals surface area contributed by atoms with Crippen molar-refractivity contribution in [3.05, 3.63) is 23.6 Å². The van der Waals surface area contributed by atoms with Gasteiger partial charge in [0.2, 0.25) is 0 Å². The molecule has 24 heavy (non-hydrogen) atoms. The molecule has 2 heterocycles. The minimum atomic E-state index is -1.29. The molecule has 136 valence electrons. The minimum Gasteiger partial charge on any atom is -0.485 e. The van der Waals surface area contributed by atoms with E-state index in [0.29, 0.717) is 23.5 Å². The summed E-state index contributed by atoms with van der Waals surface area (Å²) in [4.78, 5) is 17.7. The Morgan fingerprint density at radius 3 is 2.75 bits per heavy atom. The maximum Gasteiger partial charge on any atom is 0.283 e. The van der Waals surface area contributed by atoms with Crippen LogP contribution in [0.3, 0.4) is 0 Å². The van der Waals surface area contributed by atoms with Gasteiger partial charge in [-0.05, 0) is 19.8 Å². The first kappa shape index (κ1) is 18.9. The summed E-state index contributed by atoms with van der Waals surface area (Å²) < 4.78 is 5.98. The summed E-state index contributed by atoms with van der Waals surface area (Å²) >= 11 is 0. The van der Waals surface area contributed by atoms with Gasteiger partial charge in [-0.25, -0.2) is 0 Å². The van der Waals surface area contributed by atoms with E-state index in [1.165, 1.54) is 7.11 Å². The SMILES string of the molecule is C=C1C2=C(C(=O)N1OC)[C@@H](NCCO)[C@@](C)(O)[C@H](CCCCC)O2. The third-order valence-corrected chi connectivity index (χ3v) is 4.66. The summed E-state index contributed by atoms with van der Waals surface area (Å²) in [6.45, 7) is 7.80. The van der Waals surface area contributed by atoms with Crippen LogP contribution in [-0.2, 0) is 14.4 Å². The van der Waals surface area contributed by atoms with E-state index in [2.05, 4.69) is 18.8 Å². The summed E-state index contributed by atoms with van der Waals surface area (Å²) in [5, 5.41) is 24.4. The Morgan fingerprint density at radius 1 is 1.46 bits per heavy atom. The molecule has 0 aromatic rings. The van der Waals surface area contributed by atoms with E-state index < -0.39 is 23.7 Å². The molecule has 3 N–H and O–H groups in total. The highest BCUT2D eigenvalue weighted by Crippen LogP contribution is 2.42. The number of hydroxylamine groups is 2. The summed E-state index contributed by atoms with van der Waals surface area (Å²) in [5.74, 6) is -0.0365. The molecule has 0 aromatic carbocycles. The van der Waals surface area contributed by atoms with Crippen LogP contribution < -0.4 is 5.32 Å². The number of carbonyl (C=O) groups excluding carboxylic acids is 1. The lowest BCUT2D eigenvalue weighted by atomic mass is 9.80. The van der Waals surface area contributed by atoms with E-state index in [-0.39, 0.29) is 13.2 Å². The number of unbranched alkanes of at least 4 members (excludes halogenated alkanes) is 2. The zero-order valence-electron chi connectivity index (χ0n) is 14.7. The number of hydrogen-bond acceptors (Lipinski definition) is 6. The molecule has 2 rings (SSSR count). The average molecular weight is 340 g/mol. The lowest BCUT2D eigenvalue weighted by molar-refractivity contribution is -0.158. The maximum absolute atomic E-state index is 12.6. The first-order valence-corrected chi connectivity index (χ1v) is 8.45. The zero-order valence-corrected chi connectivity index (χ0v) is 14.7. The van der Waals surface area contributed by atoms with Gasteiger partial charge in [-0.1, -0.05) is 26.3 Å². The van der Waals surface area contributed by atoms with Crippen LogP contribution >= 0.6 is 0 Å². The number of carbonyl (C=O) groups is 1. The molecule has 0 radical (unpaired) electrons. The molecule has 0 unspecified atom stereocenters. The number of hydrogen-bond donors (Lipinski definition) is 3. The number of rotatable bonds is 8. The van der Waals surface area contributed by atoms with Crippen molar-refractivity contribution >= 4 is 5.91 Å². The fourth-order valence-corrected chi connectivity index (χ4v) is 3.34. The third kappa shape index (κ3) is 3.21. The Hall–Kier alpha value is -1.41. The van der Waals surface area contributed by atoms with Crippen molar-refractivity contribution in [3.8, 4) is 0 Å². The first-order chi connectivity index (χ1) is 11.4. The Bertz CT molecular complexity index is 529. The second-order valence-corrected chi connectivity index (χ2v) is 6.41. The number of ether oxygens (including phenoxy) is 1. The van der Waals surface area contributed by atoms with Crippen LogP contribution in [0.25, 0.3) is 0 Å². The number of nitrogens with zero attached hydrogens (tertiary/aromatic N) is 1. The van der Waals surface area contributed by atoms with Crippen molar-refractivity contribution in [1.82, 2.24) is 10.4 Å². The molecule has 0 aliphatic carbocycles. The lowest BCUT2D eigenvalue weighted by Gasteiger charge is -2.43. The van der Waals surface area contributed by atoms with Gasteiger partial charge in [-0.15, -0.1) is 0 Å². The highest BCUT2D eigenvalue weighted by Gasteiger charge is 2.54. The minimum absolute atomic E-state index is 0.0975. The van der Waals surface area contributed by atoms with Gasteiger partial charge in [0, 0.05) is 6.54 Å². The highest BCUT2D eigenvalue weighted by atomic mass is 16.7. The molecular formula is C17H28N2O5. The molecule has 7 nitrogen and oxygen atoms in total. The number of aliphatic hydroxyl groups excluding tert-OH is 1. The average Bonchev–Trinajstić information content (AvgIpc) is 2.77. The topological polar surface area (TPSA) is 91.3 Å². The van der Waals surface area contributed by atoms with Crippen LogP contribution in [0.1, 0.15) is 39.5 Å². The van der Waals surface area contributed by atoms with Crippen molar-refractivity contribution in [2.24, 2.45) is 0 Å². The van der Waals surface area contributed by atoms with Crippen molar-refractivity contribution in [2.45, 2.75) is 57.3 Å². The molecule has 1 amide bonds. The zero-order chi connectivity index (χ0) is 17.9. The van der Waals surface area contributed by atoms with E-state index >= 15 is 0 Å². The second kappa shape index (κ2) is 7.65. The van der Waals surface area contributed by atoms with Gasteiger partial charge in [0.1, 0.15) is 17.4 Å². The molecule has 0 spiro atoms. The molecule has 7 heteroatoms. The normalized spacial score (nSPS) is 30.0. The molecule has 3 atom stereocenters. The van der Waals surface area contributed by atoms with Gasteiger partial charge in [-0.3, -0.25) is 9.63 Å². The van der Waals surface area contributed by atoms with Crippen LogP contribution in [0.15, 0.2) is 23.6 Å². The maximum atomic E-state index is 12.6. The molecular weight excluding hydrogens is 312 g/mol. The quantitative estimate of drug-likeness (QED) is 0.567. The van der Waals surface area contributed by atoms with Crippen LogP contribution in [0.5, 0.6) is 0 Å². The third-order valence-electron chi connectivity index (χ3n) is 4.66. The Kier molecular flexibility index (Phi) is 6.03. The van der Waals surface area contributed by atoms with Crippen LogP contribution in [0, 0.1) is 0 Å². The van der Waals surface area contributed by atoms with Gasteiger partial charge in [0.25, 0.3) is 5.91 Å². The van der Waals surface area contributed by atoms with E-state index in [0.717, 1.165) is 24.3 Å². The number of amides is 1. The predicted molar refractivity (Wildman–Crippen MR) is 88.5 cm³/mol. The van der Waals surface area contributed by atoms with E-state index in [1.807, 2.05) is 0 Å². The fraction of sp³-hybridized carbons (Fsp3) is 0.706. The summed E-state index contributed by atoms with van der Waals surface area (Å²) in [7, 11) is 1.38. The van der Waals surface area contributed by atoms with Gasteiger partial charge < -0.3 is 20.3 Å². The largest absolute Gasteiger partial charge is 0.485 e. The Morgan fingerprint density at radius 2 is 2.17 bits per heavy atom. The standard InChI is InChI=1S/C17H28N2O5/c1-5-6-7-8-12-17(3,22)15(18-9-10-20)13-14(24-12)11(2)19(23-4)16(13)21/h12,15,18,20,22H,2,5-10H2,1,3-4H3/t12-,15+,17-/m0/s1. The Labute approximate surface area is 142 Å². The molecule has 0 saturated heterocycles. The van der Waals surface area contributed by atoms with Crippen LogP contribution in [0.2, 0.25) is 0 Å². The molecule has 2 aliphatic rings. The van der Waals surface area contributed by atoms with Gasteiger partial charge >= 0.3 is 0 Å². The monoisotopic (exact) mass is 340 g/mol. The van der Waals surface area contributed by atoms with Crippen molar-refractivity contribution in [2.75, 3.05) is 20.3 Å². The lowest BCUT2D eigenvalue weighted by Crippen LogP contribution is -2.61.